The van der Waals surface area contributed by atoms with Crippen molar-refractivity contribution in [1.29, 1.82) is 5.26 Å². The molecule has 1 saturated heterocycles. The summed E-state index contributed by atoms with van der Waals surface area (Å²) in [7, 11) is 0. The Morgan fingerprint density at radius 1 is 1.33 bits per heavy atom. The fourth-order valence-electron chi connectivity index (χ4n) is 1.94. The molecule has 0 radical (unpaired) electrons. The van der Waals surface area contributed by atoms with Gasteiger partial charge in [-0.3, -0.25) is 9.59 Å². The van der Waals surface area contributed by atoms with E-state index in [4.69, 9.17) is 10.00 Å². The van der Waals surface area contributed by atoms with Crippen LogP contribution in [0.15, 0.2) is 29.2 Å². The van der Waals surface area contributed by atoms with Crippen LogP contribution in [0.3, 0.4) is 0 Å². The molecule has 1 aliphatic rings. The maximum absolute atomic E-state index is 11.7. The zero-order chi connectivity index (χ0) is 15.1. The number of nitrogens with zero attached hydrogens (tertiary/aromatic N) is 1. The summed E-state index contributed by atoms with van der Waals surface area (Å²) in [5, 5.41) is 15.6. The summed E-state index contributed by atoms with van der Waals surface area (Å²) in [6.45, 7) is 1.06. The molecule has 1 aromatic rings. The van der Waals surface area contributed by atoms with Crippen LogP contribution in [0.5, 0.6) is 0 Å². The molecular weight excluding hydrogens is 290 g/mol. The number of thioether (sulfide) groups is 1. The minimum Gasteiger partial charge on any atom is -0.376 e. The highest BCUT2D eigenvalue weighted by molar-refractivity contribution is 8.03. The van der Waals surface area contributed by atoms with Gasteiger partial charge in [0.05, 0.1) is 6.10 Å². The lowest BCUT2D eigenvalue weighted by molar-refractivity contribution is -0.136. The average molecular weight is 305 g/mol. The predicted octanol–water partition coefficient (Wildman–Crippen LogP) is 1.49. The van der Waals surface area contributed by atoms with Crippen LogP contribution in [0, 0.1) is 10.7 Å². The van der Waals surface area contributed by atoms with Crippen LogP contribution in [0.1, 0.15) is 12.8 Å². The van der Waals surface area contributed by atoms with Crippen LogP contribution in [0.25, 0.3) is 0 Å². The van der Waals surface area contributed by atoms with Crippen LogP contribution in [0.4, 0.5) is 5.69 Å². The molecule has 1 unspecified atom stereocenters. The van der Waals surface area contributed by atoms with Crippen molar-refractivity contribution in [2.45, 2.75) is 23.8 Å². The van der Waals surface area contributed by atoms with Gasteiger partial charge in [0.15, 0.2) is 0 Å². The van der Waals surface area contributed by atoms with E-state index >= 15 is 0 Å². The van der Waals surface area contributed by atoms with Gasteiger partial charge >= 0.3 is 11.8 Å². The Balaban J connectivity index is 1.79. The minimum atomic E-state index is -0.714. The standard InChI is InChI=1S/C14H15N3O3S/c15-9-21-12-5-3-10(4-6-12)17-14(19)13(18)16-8-11-2-1-7-20-11/h3-6,11H,1-2,7-8H2,(H,16,18)(H,17,19). The monoisotopic (exact) mass is 305 g/mol. The van der Waals surface area contributed by atoms with Gasteiger partial charge in [-0.05, 0) is 48.9 Å². The third-order valence-electron chi connectivity index (χ3n) is 3.00. The summed E-state index contributed by atoms with van der Waals surface area (Å²) >= 11 is 1.03. The number of hydrogen-bond donors (Lipinski definition) is 2. The van der Waals surface area contributed by atoms with Crippen molar-refractivity contribution < 1.29 is 14.3 Å². The summed E-state index contributed by atoms with van der Waals surface area (Å²) in [6, 6.07) is 6.69. The third kappa shape index (κ3) is 4.77. The molecule has 7 heteroatoms. The first-order chi connectivity index (χ1) is 10.2. The molecule has 21 heavy (non-hydrogen) atoms. The quantitative estimate of drug-likeness (QED) is 0.499. The molecule has 1 heterocycles. The van der Waals surface area contributed by atoms with Crippen LogP contribution in [0.2, 0.25) is 0 Å². The SMILES string of the molecule is N#CSc1ccc(NC(=O)C(=O)NCC2CCCO2)cc1. The number of carbonyl (C=O) groups excluding carboxylic acids is 2. The Morgan fingerprint density at radius 3 is 2.71 bits per heavy atom. The molecular formula is C14H15N3O3S. The molecule has 6 nitrogen and oxygen atoms in total. The smallest absolute Gasteiger partial charge is 0.313 e. The number of hydrogen-bond acceptors (Lipinski definition) is 5. The Bertz CT molecular complexity index is 548. The summed E-state index contributed by atoms with van der Waals surface area (Å²) in [5.41, 5.74) is 0.509. The molecule has 0 bridgehead atoms. The molecule has 0 saturated carbocycles. The highest BCUT2D eigenvalue weighted by Crippen LogP contribution is 2.18. The number of anilines is 1. The Kier molecular flexibility index (Phi) is 5.60. The normalized spacial score (nSPS) is 17.0. The number of carbonyl (C=O) groups is 2. The van der Waals surface area contributed by atoms with Crippen LogP contribution < -0.4 is 10.6 Å². The van der Waals surface area contributed by atoms with Gasteiger partial charge in [-0.2, -0.15) is 5.26 Å². The summed E-state index contributed by atoms with van der Waals surface area (Å²) in [6.07, 6.45) is 1.89. The van der Waals surface area contributed by atoms with Crippen LogP contribution >= 0.6 is 11.8 Å². The van der Waals surface area contributed by atoms with E-state index in [1.165, 1.54) is 0 Å². The molecule has 0 spiro atoms. The van der Waals surface area contributed by atoms with Gasteiger partial charge in [-0.1, -0.05) is 0 Å². The molecule has 0 aromatic heterocycles. The third-order valence-corrected chi connectivity index (χ3v) is 3.60. The van der Waals surface area contributed by atoms with Crippen molar-refractivity contribution in [2.75, 3.05) is 18.5 Å². The lowest BCUT2D eigenvalue weighted by Crippen LogP contribution is -2.39. The number of thiocyanates is 1. The number of ether oxygens (including phenoxy) is 1. The molecule has 2 rings (SSSR count). The van der Waals surface area contributed by atoms with E-state index in [1.54, 1.807) is 24.3 Å². The van der Waals surface area contributed by atoms with E-state index < -0.39 is 11.8 Å². The second-order valence-corrected chi connectivity index (χ2v) is 5.38. The fourth-order valence-corrected chi connectivity index (χ4v) is 2.32. The van der Waals surface area contributed by atoms with Crippen LogP contribution in [-0.4, -0.2) is 31.1 Å². The molecule has 1 aromatic carbocycles. The zero-order valence-corrected chi connectivity index (χ0v) is 12.1. The van der Waals surface area contributed by atoms with Crippen molar-refractivity contribution in [1.82, 2.24) is 5.32 Å². The van der Waals surface area contributed by atoms with Crippen molar-refractivity contribution in [3.8, 4) is 5.40 Å². The molecule has 1 atom stereocenters. The first-order valence-corrected chi connectivity index (χ1v) is 7.37. The lowest BCUT2D eigenvalue weighted by Gasteiger charge is -2.10. The molecule has 0 aliphatic carbocycles. The van der Waals surface area contributed by atoms with Crippen molar-refractivity contribution >= 4 is 29.3 Å². The minimum absolute atomic E-state index is 0.00374. The van der Waals surface area contributed by atoms with Gasteiger partial charge in [-0.15, -0.1) is 0 Å². The first-order valence-electron chi connectivity index (χ1n) is 6.56. The van der Waals surface area contributed by atoms with E-state index in [2.05, 4.69) is 10.6 Å². The number of rotatable bonds is 4. The van der Waals surface area contributed by atoms with Gasteiger partial charge in [-0.25, -0.2) is 0 Å². The van der Waals surface area contributed by atoms with Crippen molar-refractivity contribution in [3.63, 3.8) is 0 Å². The number of nitriles is 1. The second-order valence-electron chi connectivity index (χ2n) is 4.52. The maximum atomic E-state index is 11.7. The van der Waals surface area contributed by atoms with E-state index in [9.17, 15) is 9.59 Å². The van der Waals surface area contributed by atoms with Gasteiger partial charge in [0.1, 0.15) is 5.40 Å². The fraction of sp³-hybridized carbons (Fsp3) is 0.357. The molecule has 2 N–H and O–H groups in total. The maximum Gasteiger partial charge on any atom is 0.313 e. The van der Waals surface area contributed by atoms with Crippen molar-refractivity contribution in [2.24, 2.45) is 0 Å². The molecule has 1 aliphatic heterocycles. The molecule has 1 fully saturated rings. The summed E-state index contributed by atoms with van der Waals surface area (Å²) in [4.78, 5) is 24.1. The van der Waals surface area contributed by atoms with E-state index in [0.717, 1.165) is 29.5 Å². The predicted molar refractivity (Wildman–Crippen MR) is 78.5 cm³/mol. The second kappa shape index (κ2) is 7.67. The topological polar surface area (TPSA) is 91.2 Å². The van der Waals surface area contributed by atoms with E-state index in [1.807, 2.05) is 5.40 Å². The first kappa shape index (κ1) is 15.4. The van der Waals surface area contributed by atoms with Gasteiger partial charge in [0.25, 0.3) is 0 Å². The lowest BCUT2D eigenvalue weighted by atomic mass is 10.2. The Morgan fingerprint density at radius 2 is 2.10 bits per heavy atom. The van der Waals surface area contributed by atoms with Crippen molar-refractivity contribution in [3.05, 3.63) is 24.3 Å². The molecule has 2 amide bonds. The van der Waals surface area contributed by atoms with E-state index in [0.29, 0.717) is 18.8 Å². The number of amides is 2. The van der Waals surface area contributed by atoms with Gasteiger partial charge in [0.2, 0.25) is 0 Å². The number of nitrogens with one attached hydrogen (secondary N) is 2. The van der Waals surface area contributed by atoms with Crippen LogP contribution in [-0.2, 0) is 14.3 Å². The number of benzene rings is 1. The Hall–Kier alpha value is -2.04. The van der Waals surface area contributed by atoms with Gasteiger partial charge in [0, 0.05) is 23.7 Å². The largest absolute Gasteiger partial charge is 0.376 e. The van der Waals surface area contributed by atoms with E-state index in [-0.39, 0.29) is 6.10 Å². The summed E-state index contributed by atoms with van der Waals surface area (Å²) < 4.78 is 5.36. The molecule has 110 valence electrons. The zero-order valence-electron chi connectivity index (χ0n) is 11.3. The average Bonchev–Trinajstić information content (AvgIpc) is 3.00. The highest BCUT2D eigenvalue weighted by Gasteiger charge is 2.19. The van der Waals surface area contributed by atoms with Gasteiger partial charge < -0.3 is 15.4 Å². The summed E-state index contributed by atoms with van der Waals surface area (Å²) in [5.74, 6) is -1.39. The highest BCUT2D eigenvalue weighted by atomic mass is 32.2. The Labute approximate surface area is 126 Å².